The number of rotatable bonds is 12. The minimum Gasteiger partial charge on any atom is -0.490 e. The van der Waals surface area contributed by atoms with Crippen LogP contribution in [0.25, 0.3) is 11.1 Å². The molecule has 2 aromatic carbocycles. The van der Waals surface area contributed by atoms with Crippen LogP contribution in [0.4, 0.5) is 0 Å². The summed E-state index contributed by atoms with van der Waals surface area (Å²) in [4.78, 5) is 15.8. The van der Waals surface area contributed by atoms with Crippen LogP contribution < -0.4 is 14.8 Å². The summed E-state index contributed by atoms with van der Waals surface area (Å²) >= 11 is 0. The van der Waals surface area contributed by atoms with Gasteiger partial charge in [-0.2, -0.15) is 0 Å². The highest BCUT2D eigenvalue weighted by Crippen LogP contribution is 2.37. The van der Waals surface area contributed by atoms with Gasteiger partial charge < -0.3 is 24.4 Å². The Bertz CT molecular complexity index is 930. The number of methoxy groups -OCH3 is 1. The molecule has 1 aliphatic heterocycles. The van der Waals surface area contributed by atoms with E-state index in [1.165, 1.54) is 0 Å². The number of nitrogens with zero attached hydrogens (tertiary/aromatic N) is 1. The van der Waals surface area contributed by atoms with Crippen molar-refractivity contribution in [2.45, 2.75) is 71.6 Å². The third-order valence-electron chi connectivity index (χ3n) is 6.22. The number of amides is 1. The third-order valence-corrected chi connectivity index (χ3v) is 6.22. The van der Waals surface area contributed by atoms with Crippen molar-refractivity contribution in [3.8, 4) is 22.6 Å². The van der Waals surface area contributed by atoms with Crippen LogP contribution in [0.5, 0.6) is 11.5 Å². The van der Waals surface area contributed by atoms with Crippen LogP contribution in [0.15, 0.2) is 42.5 Å². The lowest BCUT2D eigenvalue weighted by molar-refractivity contribution is -0.135. The Kier molecular flexibility index (Phi) is 12.5. The van der Waals surface area contributed by atoms with Gasteiger partial charge in [0.1, 0.15) is 0 Å². The molecule has 1 heterocycles. The average Bonchev–Trinajstić information content (AvgIpc) is 2.84. The molecule has 3 rings (SSSR count). The first-order chi connectivity index (χ1) is 16.9. The van der Waals surface area contributed by atoms with Gasteiger partial charge in [0.05, 0.1) is 19.1 Å². The zero-order valence-corrected chi connectivity index (χ0v) is 23.2. The molecular formula is C29H43ClN2O4. The third kappa shape index (κ3) is 8.39. The van der Waals surface area contributed by atoms with E-state index in [0.29, 0.717) is 31.1 Å². The van der Waals surface area contributed by atoms with Gasteiger partial charge in [0.2, 0.25) is 5.91 Å². The molecule has 1 fully saturated rings. The molecule has 0 saturated carbocycles. The van der Waals surface area contributed by atoms with E-state index in [4.69, 9.17) is 14.2 Å². The van der Waals surface area contributed by atoms with Crippen molar-refractivity contribution in [1.29, 1.82) is 0 Å². The summed E-state index contributed by atoms with van der Waals surface area (Å²) in [5.74, 6) is 1.52. The van der Waals surface area contributed by atoms with Crippen LogP contribution in [-0.4, -0.2) is 62.4 Å². The number of hydrogen-bond donors (Lipinski definition) is 1. The van der Waals surface area contributed by atoms with Gasteiger partial charge in [-0.3, -0.25) is 4.79 Å². The summed E-state index contributed by atoms with van der Waals surface area (Å²) in [6.07, 6.45) is 3.23. The highest BCUT2D eigenvalue weighted by Gasteiger charge is 2.28. The first-order valence-electron chi connectivity index (χ1n) is 12.9. The maximum Gasteiger partial charge on any atom is 0.227 e. The van der Waals surface area contributed by atoms with Crippen LogP contribution in [0.3, 0.4) is 0 Å². The normalized spacial score (nSPS) is 15.5. The van der Waals surface area contributed by atoms with Gasteiger partial charge in [-0.25, -0.2) is 0 Å². The smallest absolute Gasteiger partial charge is 0.227 e. The number of hydrogen-bond acceptors (Lipinski definition) is 5. The number of ether oxygens (including phenoxy) is 3. The molecule has 1 N–H and O–H groups in total. The van der Waals surface area contributed by atoms with Crippen molar-refractivity contribution in [3.63, 3.8) is 0 Å². The molecule has 0 bridgehead atoms. The summed E-state index contributed by atoms with van der Waals surface area (Å²) in [5.41, 5.74) is 3.02. The van der Waals surface area contributed by atoms with E-state index in [1.807, 2.05) is 44.2 Å². The number of halogens is 1. The number of piperidine rings is 1. The molecule has 1 saturated heterocycles. The predicted molar refractivity (Wildman–Crippen MR) is 148 cm³/mol. The average molecular weight is 519 g/mol. The van der Waals surface area contributed by atoms with Gasteiger partial charge in [-0.15, -0.1) is 12.4 Å². The molecule has 2 aromatic rings. The Hall–Kier alpha value is -2.28. The van der Waals surface area contributed by atoms with E-state index in [1.54, 1.807) is 7.11 Å². The summed E-state index contributed by atoms with van der Waals surface area (Å²) in [5, 5.41) is 3.45. The van der Waals surface area contributed by atoms with E-state index >= 15 is 0 Å². The van der Waals surface area contributed by atoms with Crippen molar-refractivity contribution in [1.82, 2.24) is 10.2 Å². The van der Waals surface area contributed by atoms with Crippen LogP contribution >= 0.6 is 12.4 Å². The Morgan fingerprint density at radius 2 is 1.83 bits per heavy atom. The molecule has 1 amide bonds. The number of carbonyl (C=O) groups excluding carboxylic acids is 1. The quantitative estimate of drug-likeness (QED) is 0.375. The van der Waals surface area contributed by atoms with E-state index in [2.05, 4.69) is 36.2 Å². The second-order valence-electron chi connectivity index (χ2n) is 9.76. The van der Waals surface area contributed by atoms with E-state index < -0.39 is 0 Å². The van der Waals surface area contributed by atoms with Crippen LogP contribution in [0, 0.1) is 0 Å². The number of nitrogens with one attached hydrogen (secondary N) is 1. The topological polar surface area (TPSA) is 60.0 Å². The van der Waals surface area contributed by atoms with Gasteiger partial charge in [0.25, 0.3) is 0 Å². The van der Waals surface area contributed by atoms with Gasteiger partial charge >= 0.3 is 0 Å². The van der Waals surface area contributed by atoms with E-state index in [-0.39, 0.29) is 36.5 Å². The Morgan fingerprint density at radius 1 is 1.08 bits per heavy atom. The van der Waals surface area contributed by atoms with Gasteiger partial charge in [-0.05, 0) is 75.9 Å². The fraction of sp³-hybridized carbons (Fsp3) is 0.552. The Labute approximate surface area is 223 Å². The SMILES string of the molecule is COCCCOc1cc(CC(=O)N(C(C)C)[C@@H]2CCCNC2)c(-c2ccccc2)cc1OC(C)C.Cl. The summed E-state index contributed by atoms with van der Waals surface area (Å²) in [6, 6.07) is 14.6. The molecule has 7 heteroatoms. The molecule has 0 radical (unpaired) electrons. The summed E-state index contributed by atoms with van der Waals surface area (Å²) in [6.45, 7) is 11.3. The fourth-order valence-electron chi connectivity index (χ4n) is 4.72. The lowest BCUT2D eigenvalue weighted by Crippen LogP contribution is -2.52. The molecule has 200 valence electrons. The van der Waals surface area contributed by atoms with Crippen LogP contribution in [-0.2, 0) is 16.0 Å². The highest BCUT2D eigenvalue weighted by atomic mass is 35.5. The fourth-order valence-corrected chi connectivity index (χ4v) is 4.72. The number of benzene rings is 2. The second kappa shape index (κ2) is 15.1. The van der Waals surface area contributed by atoms with Gasteiger partial charge in [-0.1, -0.05) is 30.3 Å². The van der Waals surface area contributed by atoms with Crippen molar-refractivity contribution >= 4 is 18.3 Å². The monoisotopic (exact) mass is 518 g/mol. The van der Waals surface area contributed by atoms with Crippen LogP contribution in [0.1, 0.15) is 52.5 Å². The molecule has 6 nitrogen and oxygen atoms in total. The summed E-state index contributed by atoms with van der Waals surface area (Å²) in [7, 11) is 1.69. The van der Waals surface area contributed by atoms with Gasteiger partial charge in [0, 0.05) is 38.8 Å². The highest BCUT2D eigenvalue weighted by molar-refractivity contribution is 5.85. The molecule has 0 unspecified atom stereocenters. The Morgan fingerprint density at radius 3 is 2.44 bits per heavy atom. The Balaban J connectivity index is 0.00000456. The standard InChI is InChI=1S/C29H42N2O4.ClH/c1-21(2)31(25-13-9-14-30-20-25)29(32)18-24-17-27(34-16-10-15-33-5)28(35-22(3)4)19-26(24)23-11-7-6-8-12-23;/h6-8,11-12,17,19,21-22,25,30H,9-10,13-16,18,20H2,1-5H3;1H/t25-;/m1./s1. The molecule has 0 aliphatic carbocycles. The lowest BCUT2D eigenvalue weighted by Gasteiger charge is -2.38. The molecule has 1 aliphatic rings. The molecule has 0 aromatic heterocycles. The van der Waals surface area contributed by atoms with Crippen molar-refractivity contribution in [2.24, 2.45) is 0 Å². The van der Waals surface area contributed by atoms with E-state index in [9.17, 15) is 4.79 Å². The molecule has 36 heavy (non-hydrogen) atoms. The number of carbonyl (C=O) groups is 1. The zero-order chi connectivity index (χ0) is 25.2. The molecular weight excluding hydrogens is 476 g/mol. The van der Waals surface area contributed by atoms with E-state index in [0.717, 1.165) is 49.0 Å². The second-order valence-corrected chi connectivity index (χ2v) is 9.76. The summed E-state index contributed by atoms with van der Waals surface area (Å²) < 4.78 is 17.5. The molecule has 1 atom stereocenters. The minimum absolute atomic E-state index is 0. The van der Waals surface area contributed by atoms with Crippen LogP contribution in [0.2, 0.25) is 0 Å². The largest absolute Gasteiger partial charge is 0.490 e. The van der Waals surface area contributed by atoms with Crippen molar-refractivity contribution in [2.75, 3.05) is 33.4 Å². The zero-order valence-electron chi connectivity index (χ0n) is 22.4. The first-order valence-corrected chi connectivity index (χ1v) is 12.9. The van der Waals surface area contributed by atoms with Crippen molar-refractivity contribution < 1.29 is 19.0 Å². The maximum atomic E-state index is 13.7. The molecule has 0 spiro atoms. The van der Waals surface area contributed by atoms with Crippen molar-refractivity contribution in [3.05, 3.63) is 48.0 Å². The predicted octanol–water partition coefficient (Wildman–Crippen LogP) is 5.51. The maximum absolute atomic E-state index is 13.7. The van der Waals surface area contributed by atoms with Gasteiger partial charge in [0.15, 0.2) is 11.5 Å². The first kappa shape index (κ1) is 29.9. The minimum atomic E-state index is 0. The lowest BCUT2D eigenvalue weighted by atomic mass is 9.95.